The number of aromatic nitrogens is 1. The molecule has 126 valence electrons. The van der Waals surface area contributed by atoms with Crippen molar-refractivity contribution in [3.05, 3.63) is 63.0 Å². The van der Waals surface area contributed by atoms with Crippen LogP contribution in [0.15, 0.2) is 41.3 Å². The summed E-state index contributed by atoms with van der Waals surface area (Å²) in [6, 6.07) is 8.64. The van der Waals surface area contributed by atoms with Crippen molar-refractivity contribution in [1.29, 1.82) is 0 Å². The van der Waals surface area contributed by atoms with Crippen LogP contribution in [0.2, 0.25) is 5.02 Å². The van der Waals surface area contributed by atoms with Crippen LogP contribution in [-0.4, -0.2) is 42.6 Å². The van der Waals surface area contributed by atoms with E-state index < -0.39 is 0 Å². The Morgan fingerprint density at radius 1 is 1.38 bits per heavy atom. The maximum absolute atomic E-state index is 12.8. The van der Waals surface area contributed by atoms with Gasteiger partial charge in [-0.05, 0) is 17.7 Å². The molecule has 1 aromatic heterocycles. The van der Waals surface area contributed by atoms with Crippen molar-refractivity contribution < 1.29 is 14.3 Å². The Labute approximate surface area is 144 Å². The molecule has 1 saturated heterocycles. The minimum Gasteiger partial charge on any atom is -0.496 e. The molecule has 6 nitrogen and oxygen atoms in total. The maximum Gasteiger partial charge on any atom is 0.259 e. The molecule has 0 radical (unpaired) electrons. The summed E-state index contributed by atoms with van der Waals surface area (Å²) in [5, 5.41) is 0.653. The van der Waals surface area contributed by atoms with Crippen LogP contribution in [0.25, 0.3) is 0 Å². The van der Waals surface area contributed by atoms with Crippen molar-refractivity contribution in [2.75, 3.05) is 26.8 Å². The van der Waals surface area contributed by atoms with Gasteiger partial charge in [-0.2, -0.15) is 0 Å². The van der Waals surface area contributed by atoms with E-state index in [1.165, 1.54) is 19.4 Å². The quantitative estimate of drug-likeness (QED) is 0.923. The molecule has 0 spiro atoms. The number of hydrogen-bond acceptors (Lipinski definition) is 4. The SMILES string of the molecule is COc1cc(=O)[nH]cc1C(=O)N1CCO[C@@H](c2ccc(Cl)cc2)C1. The average molecular weight is 349 g/mol. The first kappa shape index (κ1) is 16.5. The minimum absolute atomic E-state index is 0.203. The lowest BCUT2D eigenvalue weighted by Gasteiger charge is -2.33. The number of methoxy groups -OCH3 is 1. The third-order valence-corrected chi connectivity index (χ3v) is 4.18. The Morgan fingerprint density at radius 2 is 2.12 bits per heavy atom. The summed E-state index contributed by atoms with van der Waals surface area (Å²) >= 11 is 5.91. The molecule has 1 fully saturated rings. The van der Waals surface area contributed by atoms with Crippen LogP contribution in [0, 0.1) is 0 Å². The Bertz CT molecular complexity index is 788. The van der Waals surface area contributed by atoms with Crippen molar-refractivity contribution in [3.8, 4) is 5.75 Å². The highest BCUT2D eigenvalue weighted by Crippen LogP contribution is 2.26. The monoisotopic (exact) mass is 348 g/mol. The van der Waals surface area contributed by atoms with E-state index in [4.69, 9.17) is 21.1 Å². The Balaban J connectivity index is 1.80. The second kappa shape index (κ2) is 7.07. The van der Waals surface area contributed by atoms with E-state index in [2.05, 4.69) is 4.98 Å². The van der Waals surface area contributed by atoms with Gasteiger partial charge in [0.2, 0.25) is 0 Å². The van der Waals surface area contributed by atoms with E-state index in [9.17, 15) is 9.59 Å². The van der Waals surface area contributed by atoms with Crippen molar-refractivity contribution in [2.45, 2.75) is 6.10 Å². The van der Waals surface area contributed by atoms with Crippen LogP contribution in [0.4, 0.5) is 0 Å². The smallest absolute Gasteiger partial charge is 0.259 e. The number of morpholine rings is 1. The summed E-state index contributed by atoms with van der Waals surface area (Å²) < 4.78 is 10.9. The maximum atomic E-state index is 12.8. The first-order valence-corrected chi connectivity index (χ1v) is 7.89. The third kappa shape index (κ3) is 3.44. The lowest BCUT2D eigenvalue weighted by Crippen LogP contribution is -2.42. The fourth-order valence-corrected chi connectivity index (χ4v) is 2.80. The minimum atomic E-state index is -0.315. The largest absolute Gasteiger partial charge is 0.496 e. The summed E-state index contributed by atoms with van der Waals surface area (Å²) in [6.07, 6.45) is 1.17. The number of amides is 1. The van der Waals surface area contributed by atoms with Crippen molar-refractivity contribution in [2.24, 2.45) is 0 Å². The highest BCUT2D eigenvalue weighted by Gasteiger charge is 2.27. The molecule has 1 N–H and O–H groups in total. The lowest BCUT2D eigenvalue weighted by atomic mass is 10.1. The van der Waals surface area contributed by atoms with Crippen molar-refractivity contribution >= 4 is 17.5 Å². The topological polar surface area (TPSA) is 71.6 Å². The number of pyridine rings is 1. The van der Waals surface area contributed by atoms with Crippen molar-refractivity contribution in [1.82, 2.24) is 9.88 Å². The van der Waals surface area contributed by atoms with Gasteiger partial charge in [0, 0.05) is 23.8 Å². The fourth-order valence-electron chi connectivity index (χ4n) is 2.67. The second-order valence-corrected chi connectivity index (χ2v) is 5.88. The number of nitrogens with zero attached hydrogens (tertiary/aromatic N) is 1. The number of ether oxygens (including phenoxy) is 2. The van der Waals surface area contributed by atoms with E-state index >= 15 is 0 Å². The number of hydrogen-bond donors (Lipinski definition) is 1. The molecule has 1 aliphatic heterocycles. The van der Waals surface area contributed by atoms with Crippen molar-refractivity contribution in [3.63, 3.8) is 0 Å². The Kier molecular flexibility index (Phi) is 4.87. The number of carbonyl (C=O) groups excluding carboxylic acids is 1. The molecule has 7 heteroatoms. The molecule has 0 saturated carbocycles. The molecule has 1 aromatic carbocycles. The van der Waals surface area contributed by atoms with Crippen LogP contribution in [0.5, 0.6) is 5.75 Å². The Morgan fingerprint density at radius 3 is 2.83 bits per heavy atom. The van der Waals surface area contributed by atoms with E-state index in [0.717, 1.165) is 5.56 Å². The average Bonchev–Trinajstić information content (AvgIpc) is 2.61. The standard InChI is InChI=1S/C17H17ClN2O4/c1-23-14-8-16(21)19-9-13(14)17(22)20-6-7-24-15(10-20)11-2-4-12(18)5-3-11/h2-5,8-9,15H,6-7,10H2,1H3,(H,19,21)/t15-/m1/s1. The highest BCUT2D eigenvalue weighted by molar-refractivity contribution is 6.30. The van der Waals surface area contributed by atoms with Gasteiger partial charge in [0.15, 0.2) is 0 Å². The zero-order chi connectivity index (χ0) is 17.1. The first-order chi connectivity index (χ1) is 11.6. The van der Waals surface area contributed by atoms with Gasteiger partial charge in [0.05, 0.1) is 25.8 Å². The second-order valence-electron chi connectivity index (χ2n) is 5.44. The summed E-state index contributed by atoms with van der Waals surface area (Å²) in [4.78, 5) is 28.4. The number of benzene rings is 1. The summed E-state index contributed by atoms with van der Waals surface area (Å²) in [7, 11) is 1.43. The predicted molar refractivity (Wildman–Crippen MR) is 89.7 cm³/mol. The molecule has 1 atom stereocenters. The van der Waals surface area contributed by atoms with Crippen LogP contribution in [-0.2, 0) is 4.74 Å². The molecule has 24 heavy (non-hydrogen) atoms. The molecule has 0 aliphatic carbocycles. The predicted octanol–water partition coefficient (Wildman–Crippen LogP) is 2.25. The fraction of sp³-hybridized carbons (Fsp3) is 0.294. The van der Waals surface area contributed by atoms with Gasteiger partial charge in [-0.3, -0.25) is 9.59 Å². The van der Waals surface area contributed by atoms with Gasteiger partial charge in [0.1, 0.15) is 11.9 Å². The number of rotatable bonds is 3. The number of halogens is 1. The molecular formula is C17H17ClN2O4. The molecule has 2 heterocycles. The zero-order valence-corrected chi connectivity index (χ0v) is 13.9. The van der Waals surface area contributed by atoms with Gasteiger partial charge in [0.25, 0.3) is 11.5 Å². The van der Waals surface area contributed by atoms with E-state index in [0.29, 0.717) is 30.3 Å². The normalized spacial score (nSPS) is 17.6. The molecule has 3 rings (SSSR count). The molecule has 1 aliphatic rings. The van der Waals surface area contributed by atoms with Gasteiger partial charge >= 0.3 is 0 Å². The first-order valence-electron chi connectivity index (χ1n) is 7.51. The van der Waals surface area contributed by atoms with E-state index in [1.807, 2.05) is 12.1 Å². The molecule has 0 unspecified atom stereocenters. The van der Waals surface area contributed by atoms with Gasteiger partial charge < -0.3 is 19.4 Å². The van der Waals surface area contributed by atoms with Gasteiger partial charge in [-0.25, -0.2) is 0 Å². The van der Waals surface area contributed by atoms with E-state index in [-0.39, 0.29) is 23.3 Å². The number of H-pyrrole nitrogens is 1. The third-order valence-electron chi connectivity index (χ3n) is 3.93. The van der Waals surface area contributed by atoms with Crippen LogP contribution < -0.4 is 10.3 Å². The highest BCUT2D eigenvalue weighted by atomic mass is 35.5. The molecular weight excluding hydrogens is 332 g/mol. The Hall–Kier alpha value is -2.31. The summed E-state index contributed by atoms with van der Waals surface area (Å²) in [5.41, 5.74) is 0.976. The lowest BCUT2D eigenvalue weighted by molar-refractivity contribution is -0.0229. The summed E-state index contributed by atoms with van der Waals surface area (Å²) in [6.45, 7) is 1.33. The summed E-state index contributed by atoms with van der Waals surface area (Å²) in [5.74, 6) is 0.0589. The van der Waals surface area contributed by atoms with E-state index in [1.54, 1.807) is 17.0 Å². The number of carbonyl (C=O) groups is 1. The van der Waals surface area contributed by atoms with Gasteiger partial charge in [-0.1, -0.05) is 23.7 Å². The molecule has 0 bridgehead atoms. The molecule has 2 aromatic rings. The zero-order valence-electron chi connectivity index (χ0n) is 13.1. The molecule has 1 amide bonds. The van der Waals surface area contributed by atoms with Gasteiger partial charge in [-0.15, -0.1) is 0 Å². The number of aromatic amines is 1. The number of nitrogens with one attached hydrogen (secondary N) is 1. The van der Waals surface area contributed by atoms with Crippen LogP contribution in [0.3, 0.4) is 0 Å². The van der Waals surface area contributed by atoms with Crippen LogP contribution >= 0.6 is 11.6 Å². The van der Waals surface area contributed by atoms with Crippen LogP contribution in [0.1, 0.15) is 22.0 Å².